The van der Waals surface area contributed by atoms with Crippen molar-refractivity contribution in [1.82, 2.24) is 14.9 Å². The molecule has 2 N–H and O–H groups in total. The number of aryl methyl sites for hydroxylation is 1. The van der Waals surface area contributed by atoms with E-state index < -0.39 is 0 Å². The molecule has 2 aromatic rings. The minimum Gasteiger partial charge on any atom is -0.354 e. The molecule has 6 heteroatoms. The van der Waals surface area contributed by atoms with Crippen LogP contribution < -0.4 is 10.6 Å². The van der Waals surface area contributed by atoms with Crippen molar-refractivity contribution in [3.8, 4) is 0 Å². The molecule has 1 aliphatic rings. The van der Waals surface area contributed by atoms with Crippen LogP contribution in [0.1, 0.15) is 36.4 Å². The summed E-state index contributed by atoms with van der Waals surface area (Å²) in [7, 11) is 4.16. The van der Waals surface area contributed by atoms with Gasteiger partial charge in [-0.3, -0.25) is 0 Å². The Hall–Kier alpha value is -1.85. The highest BCUT2D eigenvalue weighted by Crippen LogP contribution is 2.40. The monoisotopic (exact) mass is 359 g/mol. The molecular weight excluding hydrogens is 334 g/mol. The molecule has 0 unspecified atom stereocenters. The molecule has 1 fully saturated rings. The first-order valence-corrected chi connectivity index (χ1v) is 9.20. The van der Waals surface area contributed by atoms with E-state index in [9.17, 15) is 0 Å². The fourth-order valence-corrected chi connectivity index (χ4v) is 2.79. The van der Waals surface area contributed by atoms with Gasteiger partial charge in [-0.05, 0) is 64.5 Å². The highest BCUT2D eigenvalue weighted by Gasteiger charge is 2.26. The van der Waals surface area contributed by atoms with E-state index in [1.807, 2.05) is 25.1 Å². The number of halogens is 1. The van der Waals surface area contributed by atoms with Crippen molar-refractivity contribution in [3.63, 3.8) is 0 Å². The topological polar surface area (TPSA) is 53.1 Å². The van der Waals surface area contributed by atoms with Gasteiger partial charge in [0, 0.05) is 29.2 Å². The molecule has 1 aromatic heterocycles. The maximum Gasteiger partial charge on any atom is 0.224 e. The minimum absolute atomic E-state index is 0.576. The Balaban J connectivity index is 1.72. The maximum atomic E-state index is 6.22. The van der Waals surface area contributed by atoms with Crippen LogP contribution in [0.3, 0.4) is 0 Å². The molecule has 1 saturated carbocycles. The maximum absolute atomic E-state index is 6.22. The van der Waals surface area contributed by atoms with Gasteiger partial charge in [0.15, 0.2) is 0 Å². The number of hydrogen-bond acceptors (Lipinski definition) is 5. The number of aromatic nitrogens is 2. The second-order valence-corrected chi connectivity index (χ2v) is 7.36. The number of benzene rings is 1. The zero-order chi connectivity index (χ0) is 17.8. The summed E-state index contributed by atoms with van der Waals surface area (Å²) >= 11 is 6.22. The lowest BCUT2D eigenvalue weighted by atomic mass is 10.2. The third-order valence-electron chi connectivity index (χ3n) is 4.25. The van der Waals surface area contributed by atoms with Crippen LogP contribution in [-0.4, -0.2) is 42.1 Å². The molecule has 134 valence electrons. The Morgan fingerprint density at radius 2 is 2.00 bits per heavy atom. The molecule has 0 aliphatic heterocycles. The highest BCUT2D eigenvalue weighted by atomic mass is 35.5. The van der Waals surface area contributed by atoms with Gasteiger partial charge in [0.05, 0.1) is 5.69 Å². The Morgan fingerprint density at radius 3 is 2.68 bits per heavy atom. The van der Waals surface area contributed by atoms with Crippen LogP contribution in [0.25, 0.3) is 0 Å². The zero-order valence-corrected chi connectivity index (χ0v) is 15.9. The van der Waals surface area contributed by atoms with E-state index in [0.717, 1.165) is 47.3 Å². The van der Waals surface area contributed by atoms with Gasteiger partial charge in [0.1, 0.15) is 5.82 Å². The molecule has 3 rings (SSSR count). The van der Waals surface area contributed by atoms with Gasteiger partial charge in [0.25, 0.3) is 0 Å². The smallest absolute Gasteiger partial charge is 0.224 e. The number of nitrogens with zero attached hydrogens (tertiary/aromatic N) is 3. The number of nitrogens with one attached hydrogen (secondary N) is 2. The molecule has 0 radical (unpaired) electrons. The quantitative estimate of drug-likeness (QED) is 0.683. The zero-order valence-electron chi connectivity index (χ0n) is 15.1. The summed E-state index contributed by atoms with van der Waals surface area (Å²) in [6.45, 7) is 3.90. The lowest BCUT2D eigenvalue weighted by Crippen LogP contribution is -2.17. The van der Waals surface area contributed by atoms with Crippen LogP contribution in [-0.2, 0) is 0 Å². The van der Waals surface area contributed by atoms with Crippen molar-refractivity contribution in [2.75, 3.05) is 37.8 Å². The minimum atomic E-state index is 0.576. The van der Waals surface area contributed by atoms with Gasteiger partial charge in [0.2, 0.25) is 5.95 Å². The molecule has 0 atom stereocenters. The molecule has 5 nitrogen and oxygen atoms in total. The number of hydrogen-bond donors (Lipinski definition) is 2. The first kappa shape index (κ1) is 18.0. The van der Waals surface area contributed by atoms with Crippen LogP contribution >= 0.6 is 11.6 Å². The lowest BCUT2D eigenvalue weighted by molar-refractivity contribution is 0.405. The Labute approximate surface area is 154 Å². The van der Waals surface area contributed by atoms with Crippen LogP contribution in [0.4, 0.5) is 17.5 Å². The molecule has 1 aliphatic carbocycles. The van der Waals surface area contributed by atoms with Gasteiger partial charge in [-0.2, -0.15) is 4.98 Å². The summed E-state index contributed by atoms with van der Waals surface area (Å²) in [5.74, 6) is 2.09. The second-order valence-electron chi connectivity index (χ2n) is 6.95. The summed E-state index contributed by atoms with van der Waals surface area (Å²) in [6.07, 6.45) is 3.49. The normalized spacial score (nSPS) is 14.0. The molecule has 0 bridgehead atoms. The van der Waals surface area contributed by atoms with Crippen LogP contribution in [0.2, 0.25) is 5.02 Å². The third-order valence-corrected chi connectivity index (χ3v) is 4.66. The van der Waals surface area contributed by atoms with Crippen LogP contribution in [0, 0.1) is 6.92 Å². The fraction of sp³-hybridized carbons (Fsp3) is 0.474. The Morgan fingerprint density at radius 1 is 1.20 bits per heavy atom. The van der Waals surface area contributed by atoms with Crippen molar-refractivity contribution in [3.05, 3.63) is 40.5 Å². The first-order valence-electron chi connectivity index (χ1n) is 8.82. The lowest BCUT2D eigenvalue weighted by Gasteiger charge is -2.13. The standard InChI is InChI=1S/C19H26ClN5/c1-13-5-8-15(11-16(13)20)22-18-12-17(14-6-7-14)23-19(24-18)21-9-4-10-25(2)3/h5,8,11-12,14H,4,6-7,9-10H2,1-3H3,(H2,21,22,23,24). The van der Waals surface area contributed by atoms with Gasteiger partial charge in [-0.25, -0.2) is 4.98 Å². The van der Waals surface area contributed by atoms with E-state index in [2.05, 4.69) is 45.7 Å². The second kappa shape index (κ2) is 8.02. The van der Waals surface area contributed by atoms with E-state index in [0.29, 0.717) is 11.9 Å². The van der Waals surface area contributed by atoms with Crippen LogP contribution in [0.5, 0.6) is 0 Å². The average Bonchev–Trinajstić information content (AvgIpc) is 3.40. The van der Waals surface area contributed by atoms with Crippen molar-refractivity contribution >= 4 is 29.1 Å². The summed E-state index contributed by atoms with van der Waals surface area (Å²) < 4.78 is 0. The van der Waals surface area contributed by atoms with Gasteiger partial charge in [-0.15, -0.1) is 0 Å². The van der Waals surface area contributed by atoms with Gasteiger partial charge < -0.3 is 15.5 Å². The van der Waals surface area contributed by atoms with E-state index >= 15 is 0 Å². The van der Waals surface area contributed by atoms with E-state index in [4.69, 9.17) is 11.6 Å². The van der Waals surface area contributed by atoms with Crippen molar-refractivity contribution < 1.29 is 0 Å². The summed E-state index contributed by atoms with van der Waals surface area (Å²) in [5.41, 5.74) is 3.12. The molecule has 0 amide bonds. The van der Waals surface area contributed by atoms with E-state index in [-0.39, 0.29) is 0 Å². The molecule has 25 heavy (non-hydrogen) atoms. The third kappa shape index (κ3) is 5.31. The van der Waals surface area contributed by atoms with Gasteiger partial charge in [-0.1, -0.05) is 17.7 Å². The molecule has 1 heterocycles. The summed E-state index contributed by atoms with van der Waals surface area (Å²) in [5, 5.41) is 7.47. The molecular formula is C19H26ClN5. The van der Waals surface area contributed by atoms with E-state index in [1.165, 1.54) is 12.8 Å². The largest absolute Gasteiger partial charge is 0.354 e. The SMILES string of the molecule is Cc1ccc(Nc2cc(C3CC3)nc(NCCCN(C)C)n2)cc1Cl. The van der Waals surface area contributed by atoms with E-state index in [1.54, 1.807) is 0 Å². The highest BCUT2D eigenvalue weighted by molar-refractivity contribution is 6.31. The van der Waals surface area contributed by atoms with Gasteiger partial charge >= 0.3 is 0 Å². The molecule has 1 aromatic carbocycles. The van der Waals surface area contributed by atoms with Crippen molar-refractivity contribution in [2.24, 2.45) is 0 Å². The Bertz CT molecular complexity index is 728. The predicted octanol–water partition coefficient (Wildman–Crippen LogP) is 4.42. The van der Waals surface area contributed by atoms with Crippen LogP contribution in [0.15, 0.2) is 24.3 Å². The fourth-order valence-electron chi connectivity index (χ4n) is 2.61. The van der Waals surface area contributed by atoms with Crippen molar-refractivity contribution in [2.45, 2.75) is 32.1 Å². The average molecular weight is 360 g/mol. The summed E-state index contributed by atoms with van der Waals surface area (Å²) in [4.78, 5) is 11.5. The summed E-state index contributed by atoms with van der Waals surface area (Å²) in [6, 6.07) is 8.01. The predicted molar refractivity (Wildman–Crippen MR) is 105 cm³/mol. The molecule has 0 spiro atoms. The molecule has 0 saturated heterocycles. The number of rotatable bonds is 8. The van der Waals surface area contributed by atoms with Crippen molar-refractivity contribution in [1.29, 1.82) is 0 Å². The Kier molecular flexibility index (Phi) is 5.76. The number of anilines is 3. The first-order chi connectivity index (χ1) is 12.0.